The third-order valence-corrected chi connectivity index (χ3v) is 10.1. The van der Waals surface area contributed by atoms with Crippen LogP contribution in [0.4, 0.5) is 4.39 Å². The van der Waals surface area contributed by atoms with Crippen LogP contribution in [-0.2, 0) is 38.7 Å². The molecule has 1 saturated carbocycles. The number of aromatic nitrogens is 2. The summed E-state index contributed by atoms with van der Waals surface area (Å²) in [5, 5.41) is 0.187. The number of halogens is 2. The van der Waals surface area contributed by atoms with Gasteiger partial charge in [-0.25, -0.2) is 26.2 Å². The molecule has 0 aliphatic heterocycles. The Balaban J connectivity index is 1.54. The maximum atomic E-state index is 14.3. The molecular weight excluding hydrogens is 549 g/mol. The van der Waals surface area contributed by atoms with Crippen molar-refractivity contribution in [2.75, 3.05) is 0 Å². The van der Waals surface area contributed by atoms with Crippen LogP contribution in [-0.4, -0.2) is 36.7 Å². The lowest BCUT2D eigenvalue weighted by Crippen LogP contribution is -2.33. The Labute approximate surface area is 226 Å². The average molecular weight is 574 g/mol. The number of sulfone groups is 1. The van der Waals surface area contributed by atoms with E-state index in [2.05, 4.69) is 4.98 Å². The first-order chi connectivity index (χ1) is 18.1. The van der Waals surface area contributed by atoms with Crippen LogP contribution < -0.4 is 0 Å². The fraction of sp³-hybridized carbons (Fsp3) is 0.222. The summed E-state index contributed by atoms with van der Waals surface area (Å²) in [5.41, 5.74) is 1.27. The van der Waals surface area contributed by atoms with Gasteiger partial charge in [-0.1, -0.05) is 60.1 Å². The summed E-state index contributed by atoms with van der Waals surface area (Å²) in [4.78, 5) is 4.33. The molecule has 1 aliphatic rings. The molecule has 1 heterocycles. The predicted molar refractivity (Wildman–Crippen MR) is 142 cm³/mol. The number of hydrogen-bond donors (Lipinski definition) is 0. The molecule has 0 radical (unpaired) electrons. The minimum atomic E-state index is -4.07. The maximum Gasteiger partial charge on any atom is 0.243 e. The first-order valence-corrected chi connectivity index (χ1v) is 15.4. The highest BCUT2D eigenvalue weighted by Crippen LogP contribution is 2.34. The van der Waals surface area contributed by atoms with Crippen molar-refractivity contribution in [3.63, 3.8) is 0 Å². The van der Waals surface area contributed by atoms with E-state index in [0.717, 1.165) is 5.56 Å². The smallest absolute Gasteiger partial charge is 0.243 e. The standard InChI is InChI=1S/C27H25ClFN3O4S2/c28-22-10-14-25(15-11-22)38(35,36)32(23-12-13-23)18-24-16-30-27(31(24)17-20-6-2-1-3-7-20)37(33,34)19-21-8-4-5-9-26(21)29/h1-11,14-16,23H,12-13,17-19H2. The second kappa shape index (κ2) is 10.6. The van der Waals surface area contributed by atoms with E-state index in [9.17, 15) is 21.2 Å². The molecule has 7 nitrogen and oxygen atoms in total. The zero-order valence-electron chi connectivity index (χ0n) is 20.2. The Morgan fingerprint density at radius 2 is 1.58 bits per heavy atom. The fourth-order valence-corrected chi connectivity index (χ4v) is 7.55. The topological polar surface area (TPSA) is 89.3 Å². The van der Waals surface area contributed by atoms with Gasteiger partial charge in [0.2, 0.25) is 25.0 Å². The molecule has 0 N–H and O–H groups in total. The number of hydrogen-bond acceptors (Lipinski definition) is 5. The van der Waals surface area contributed by atoms with E-state index in [1.165, 1.54) is 57.5 Å². The van der Waals surface area contributed by atoms with Crippen LogP contribution >= 0.6 is 11.6 Å². The molecule has 1 fully saturated rings. The van der Waals surface area contributed by atoms with Crippen molar-refractivity contribution in [3.8, 4) is 0 Å². The van der Waals surface area contributed by atoms with Crippen LogP contribution in [0.5, 0.6) is 0 Å². The van der Waals surface area contributed by atoms with E-state index < -0.39 is 31.4 Å². The maximum absolute atomic E-state index is 14.3. The molecule has 0 bridgehead atoms. The lowest BCUT2D eigenvalue weighted by molar-refractivity contribution is 0.386. The van der Waals surface area contributed by atoms with Crippen molar-refractivity contribution >= 4 is 31.5 Å². The molecular formula is C27H25ClFN3O4S2. The Bertz CT molecular complexity index is 1650. The van der Waals surface area contributed by atoms with Crippen LogP contribution in [0.15, 0.2) is 95.1 Å². The van der Waals surface area contributed by atoms with E-state index in [4.69, 9.17) is 11.6 Å². The molecule has 0 atom stereocenters. The number of sulfonamides is 1. The molecule has 4 aromatic rings. The zero-order chi connectivity index (χ0) is 26.9. The summed E-state index contributed by atoms with van der Waals surface area (Å²) in [6.45, 7) is 0.0895. The summed E-state index contributed by atoms with van der Waals surface area (Å²) in [6.07, 6.45) is 2.81. The third-order valence-electron chi connectivity index (χ3n) is 6.36. The van der Waals surface area contributed by atoms with Crippen molar-refractivity contribution in [3.05, 3.63) is 113 Å². The van der Waals surface area contributed by atoms with Gasteiger partial charge in [-0.05, 0) is 48.7 Å². The van der Waals surface area contributed by atoms with Gasteiger partial charge in [0, 0.05) is 16.6 Å². The highest BCUT2D eigenvalue weighted by Gasteiger charge is 2.39. The van der Waals surface area contributed by atoms with Crippen molar-refractivity contribution < 1.29 is 21.2 Å². The number of nitrogens with zero attached hydrogens (tertiary/aromatic N) is 3. The third kappa shape index (κ3) is 5.68. The molecule has 11 heteroatoms. The van der Waals surface area contributed by atoms with Crippen molar-refractivity contribution in [2.24, 2.45) is 0 Å². The summed E-state index contributed by atoms with van der Waals surface area (Å²) in [7, 11) is -7.96. The van der Waals surface area contributed by atoms with Gasteiger partial charge in [-0.2, -0.15) is 4.31 Å². The lowest BCUT2D eigenvalue weighted by Gasteiger charge is -2.23. The van der Waals surface area contributed by atoms with Crippen LogP contribution in [0.2, 0.25) is 5.02 Å². The number of rotatable bonds is 10. The molecule has 198 valence electrons. The van der Waals surface area contributed by atoms with E-state index in [-0.39, 0.29) is 34.7 Å². The van der Waals surface area contributed by atoms with Crippen molar-refractivity contribution in [1.82, 2.24) is 13.9 Å². The molecule has 0 unspecified atom stereocenters. The molecule has 1 aliphatic carbocycles. The Morgan fingerprint density at radius 3 is 2.24 bits per heavy atom. The van der Waals surface area contributed by atoms with Gasteiger partial charge in [0.15, 0.2) is 0 Å². The number of benzene rings is 3. The first kappa shape index (κ1) is 26.6. The fourth-order valence-electron chi connectivity index (χ4n) is 4.26. The average Bonchev–Trinajstić information content (AvgIpc) is 3.65. The van der Waals surface area contributed by atoms with Crippen LogP contribution in [0.3, 0.4) is 0 Å². The van der Waals surface area contributed by atoms with Crippen LogP contribution in [0.1, 0.15) is 29.7 Å². The van der Waals surface area contributed by atoms with Gasteiger partial charge in [0.1, 0.15) is 5.82 Å². The second-order valence-corrected chi connectivity index (χ2v) is 13.4. The van der Waals surface area contributed by atoms with Gasteiger partial charge >= 0.3 is 0 Å². The van der Waals surface area contributed by atoms with Gasteiger partial charge in [-0.15, -0.1) is 0 Å². The Kier molecular flexibility index (Phi) is 7.41. The molecule has 0 amide bonds. The summed E-state index contributed by atoms with van der Waals surface area (Å²) < 4.78 is 71.3. The summed E-state index contributed by atoms with van der Waals surface area (Å²) in [6, 6.07) is 20.7. The largest absolute Gasteiger partial charge is 0.313 e. The SMILES string of the molecule is O=S(=O)(Cc1ccccc1F)c1ncc(CN(C2CC2)S(=O)(=O)c2ccc(Cl)cc2)n1Cc1ccccc1. The van der Waals surface area contributed by atoms with Gasteiger partial charge < -0.3 is 4.57 Å². The van der Waals surface area contributed by atoms with Gasteiger partial charge in [0.05, 0.1) is 35.6 Å². The highest BCUT2D eigenvalue weighted by atomic mass is 35.5. The Morgan fingerprint density at radius 1 is 0.921 bits per heavy atom. The van der Waals surface area contributed by atoms with Gasteiger partial charge in [-0.3, -0.25) is 0 Å². The summed E-state index contributed by atoms with van der Waals surface area (Å²) >= 11 is 5.96. The normalized spacial score (nSPS) is 14.2. The second-order valence-electron chi connectivity index (χ2n) is 9.19. The van der Waals surface area contributed by atoms with Crippen molar-refractivity contribution in [2.45, 2.75) is 47.8 Å². The highest BCUT2D eigenvalue weighted by molar-refractivity contribution is 7.90. The minimum Gasteiger partial charge on any atom is -0.313 e. The lowest BCUT2D eigenvalue weighted by atomic mass is 10.2. The minimum absolute atomic E-state index is 0.0354. The molecule has 38 heavy (non-hydrogen) atoms. The first-order valence-electron chi connectivity index (χ1n) is 12.0. The molecule has 3 aromatic carbocycles. The predicted octanol–water partition coefficient (Wildman–Crippen LogP) is 5.05. The van der Waals surface area contributed by atoms with Gasteiger partial charge in [0.25, 0.3) is 0 Å². The molecule has 0 saturated heterocycles. The van der Waals surface area contributed by atoms with E-state index in [0.29, 0.717) is 23.6 Å². The van der Waals surface area contributed by atoms with Crippen LogP contribution in [0, 0.1) is 5.82 Å². The van der Waals surface area contributed by atoms with Crippen molar-refractivity contribution in [1.29, 1.82) is 0 Å². The number of imidazole rings is 1. The summed E-state index contributed by atoms with van der Waals surface area (Å²) in [5.74, 6) is -1.19. The van der Waals surface area contributed by atoms with E-state index >= 15 is 0 Å². The zero-order valence-corrected chi connectivity index (χ0v) is 22.6. The quantitative estimate of drug-likeness (QED) is 0.265. The van der Waals surface area contributed by atoms with E-state index in [1.807, 2.05) is 30.3 Å². The molecule has 5 rings (SSSR count). The molecule has 0 spiro atoms. The Hall–Kier alpha value is -3.05. The van der Waals surface area contributed by atoms with E-state index in [1.54, 1.807) is 6.07 Å². The monoisotopic (exact) mass is 573 g/mol. The van der Waals surface area contributed by atoms with Crippen LogP contribution in [0.25, 0.3) is 0 Å². The molecule has 1 aromatic heterocycles.